The number of rotatable bonds is 3. The van der Waals surface area contributed by atoms with Gasteiger partial charge in [0.2, 0.25) is 11.8 Å². The molecule has 72 valence electrons. The summed E-state index contributed by atoms with van der Waals surface area (Å²) in [5.74, 6) is 1.15. The van der Waals surface area contributed by atoms with Crippen LogP contribution < -0.4 is 15.4 Å². The molecule has 5 heteroatoms. The summed E-state index contributed by atoms with van der Waals surface area (Å²) in [5.41, 5.74) is 6.25. The molecule has 0 unspecified atom stereocenters. The maximum absolute atomic E-state index is 5.48. The first-order valence-electron chi connectivity index (χ1n) is 3.96. The van der Waals surface area contributed by atoms with Crippen molar-refractivity contribution < 1.29 is 4.74 Å². The minimum atomic E-state index is 0.389. The molecule has 0 fully saturated rings. The summed E-state index contributed by atoms with van der Waals surface area (Å²) in [7, 11) is 5.31. The fourth-order valence-electron chi connectivity index (χ4n) is 0.868. The van der Waals surface area contributed by atoms with Gasteiger partial charge < -0.3 is 15.4 Å². The smallest absolute Gasteiger partial charge is 0.228 e. The molecule has 0 amide bonds. The number of nitrogens with zero attached hydrogens (tertiary/aromatic N) is 3. The summed E-state index contributed by atoms with van der Waals surface area (Å²) in [6.07, 6.45) is 0. The van der Waals surface area contributed by atoms with E-state index in [0.717, 1.165) is 5.69 Å². The molecule has 0 aliphatic rings. The molecule has 0 aliphatic carbocycles. The van der Waals surface area contributed by atoms with Gasteiger partial charge in [0.1, 0.15) is 0 Å². The molecule has 0 spiro atoms. The van der Waals surface area contributed by atoms with Crippen LogP contribution in [-0.2, 0) is 6.54 Å². The molecule has 0 saturated heterocycles. The third-order valence-corrected chi connectivity index (χ3v) is 1.56. The van der Waals surface area contributed by atoms with Crippen LogP contribution in [0.15, 0.2) is 6.07 Å². The van der Waals surface area contributed by atoms with E-state index < -0.39 is 0 Å². The topological polar surface area (TPSA) is 64.3 Å². The van der Waals surface area contributed by atoms with Crippen molar-refractivity contribution in [1.82, 2.24) is 9.97 Å². The molecule has 0 aliphatic heterocycles. The summed E-state index contributed by atoms with van der Waals surface area (Å²) in [6, 6.07) is 1.73. The van der Waals surface area contributed by atoms with E-state index in [1.54, 1.807) is 13.2 Å². The van der Waals surface area contributed by atoms with Gasteiger partial charge in [0.25, 0.3) is 0 Å². The van der Waals surface area contributed by atoms with E-state index >= 15 is 0 Å². The van der Waals surface area contributed by atoms with Crippen molar-refractivity contribution in [1.29, 1.82) is 0 Å². The first-order valence-corrected chi connectivity index (χ1v) is 3.96. The van der Waals surface area contributed by atoms with E-state index in [4.69, 9.17) is 10.5 Å². The molecular formula is C8H14N4O. The van der Waals surface area contributed by atoms with Crippen LogP contribution in [0.4, 0.5) is 5.95 Å². The number of nitrogens with two attached hydrogens (primary N) is 1. The lowest BCUT2D eigenvalue weighted by Gasteiger charge is -2.11. The molecule has 5 nitrogen and oxygen atoms in total. The minimum absolute atomic E-state index is 0.389. The van der Waals surface area contributed by atoms with Gasteiger partial charge in [-0.15, -0.1) is 0 Å². The highest BCUT2D eigenvalue weighted by Gasteiger charge is 2.04. The van der Waals surface area contributed by atoms with Crippen molar-refractivity contribution in [2.24, 2.45) is 5.73 Å². The van der Waals surface area contributed by atoms with Gasteiger partial charge in [-0.2, -0.15) is 4.98 Å². The van der Waals surface area contributed by atoms with E-state index in [0.29, 0.717) is 18.4 Å². The number of hydrogen-bond acceptors (Lipinski definition) is 5. The summed E-state index contributed by atoms with van der Waals surface area (Å²) in [4.78, 5) is 10.2. The molecular weight excluding hydrogens is 168 g/mol. The predicted molar refractivity (Wildman–Crippen MR) is 50.8 cm³/mol. The second-order valence-electron chi connectivity index (χ2n) is 2.80. The second-order valence-corrected chi connectivity index (χ2v) is 2.80. The van der Waals surface area contributed by atoms with Gasteiger partial charge >= 0.3 is 0 Å². The molecule has 13 heavy (non-hydrogen) atoms. The van der Waals surface area contributed by atoms with Crippen molar-refractivity contribution >= 4 is 5.95 Å². The molecule has 2 N–H and O–H groups in total. The normalized spacial score (nSPS) is 9.85. The quantitative estimate of drug-likeness (QED) is 0.713. The highest BCUT2D eigenvalue weighted by Crippen LogP contribution is 2.12. The van der Waals surface area contributed by atoms with E-state index in [2.05, 4.69) is 9.97 Å². The van der Waals surface area contributed by atoms with Crippen LogP contribution in [0.3, 0.4) is 0 Å². The minimum Gasteiger partial charge on any atom is -0.481 e. The monoisotopic (exact) mass is 182 g/mol. The van der Waals surface area contributed by atoms with Gasteiger partial charge in [0, 0.05) is 26.7 Å². The third-order valence-electron chi connectivity index (χ3n) is 1.56. The van der Waals surface area contributed by atoms with E-state index in [1.807, 2.05) is 19.0 Å². The number of ether oxygens (including phenoxy) is 1. The first kappa shape index (κ1) is 9.73. The zero-order valence-electron chi connectivity index (χ0n) is 8.11. The largest absolute Gasteiger partial charge is 0.481 e. The van der Waals surface area contributed by atoms with Crippen LogP contribution in [0.1, 0.15) is 5.69 Å². The highest BCUT2D eigenvalue weighted by atomic mass is 16.5. The van der Waals surface area contributed by atoms with Crippen LogP contribution >= 0.6 is 0 Å². The van der Waals surface area contributed by atoms with Crippen LogP contribution in [0.25, 0.3) is 0 Å². The van der Waals surface area contributed by atoms with Crippen molar-refractivity contribution in [3.05, 3.63) is 11.8 Å². The van der Waals surface area contributed by atoms with Crippen LogP contribution in [0, 0.1) is 0 Å². The second kappa shape index (κ2) is 4.04. The first-order chi connectivity index (χ1) is 6.17. The van der Waals surface area contributed by atoms with Gasteiger partial charge in [-0.25, -0.2) is 4.98 Å². The van der Waals surface area contributed by atoms with Crippen LogP contribution in [0.5, 0.6) is 5.88 Å². The fraction of sp³-hybridized carbons (Fsp3) is 0.500. The molecule has 1 aromatic rings. The Morgan fingerprint density at radius 1 is 1.46 bits per heavy atom. The summed E-state index contributed by atoms with van der Waals surface area (Å²) < 4.78 is 5.01. The molecule has 0 saturated carbocycles. The molecule has 0 bridgehead atoms. The van der Waals surface area contributed by atoms with Gasteiger partial charge in [0.05, 0.1) is 12.8 Å². The molecule has 1 rings (SSSR count). The molecule has 1 aromatic heterocycles. The summed E-state index contributed by atoms with van der Waals surface area (Å²) >= 11 is 0. The summed E-state index contributed by atoms with van der Waals surface area (Å²) in [6.45, 7) is 0.389. The Hall–Kier alpha value is -1.36. The predicted octanol–water partition coefficient (Wildman–Crippen LogP) is 0.00990. The van der Waals surface area contributed by atoms with Gasteiger partial charge in [-0.3, -0.25) is 0 Å². The van der Waals surface area contributed by atoms with Gasteiger partial charge in [-0.1, -0.05) is 0 Å². The van der Waals surface area contributed by atoms with Crippen molar-refractivity contribution in [2.45, 2.75) is 6.54 Å². The maximum Gasteiger partial charge on any atom is 0.228 e. The fourth-order valence-corrected chi connectivity index (χ4v) is 0.868. The van der Waals surface area contributed by atoms with E-state index in [-0.39, 0.29) is 0 Å². The lowest BCUT2D eigenvalue weighted by atomic mass is 10.4. The third kappa shape index (κ3) is 2.29. The maximum atomic E-state index is 5.48. The Morgan fingerprint density at radius 3 is 2.62 bits per heavy atom. The zero-order chi connectivity index (χ0) is 9.84. The zero-order valence-corrected chi connectivity index (χ0v) is 8.11. The number of methoxy groups -OCH3 is 1. The average molecular weight is 182 g/mol. The summed E-state index contributed by atoms with van der Waals surface area (Å²) in [5, 5.41) is 0. The van der Waals surface area contributed by atoms with Gasteiger partial charge in [-0.05, 0) is 0 Å². The Labute approximate surface area is 77.5 Å². The highest BCUT2D eigenvalue weighted by molar-refractivity contribution is 5.32. The standard InChI is InChI=1S/C8H14N4O/c1-12(2)8-10-6(5-9)4-7(11-8)13-3/h4H,5,9H2,1-3H3. The van der Waals surface area contributed by atoms with Crippen LogP contribution in [-0.4, -0.2) is 31.2 Å². The molecule has 1 heterocycles. The Bertz CT molecular complexity index is 265. The lowest BCUT2D eigenvalue weighted by molar-refractivity contribution is 0.396. The van der Waals surface area contributed by atoms with E-state index in [1.165, 1.54) is 0 Å². The lowest BCUT2D eigenvalue weighted by Crippen LogP contribution is -2.15. The number of hydrogen-bond donors (Lipinski definition) is 1. The Morgan fingerprint density at radius 2 is 2.15 bits per heavy atom. The van der Waals surface area contributed by atoms with Gasteiger partial charge in [0.15, 0.2) is 0 Å². The molecule has 0 radical (unpaired) electrons. The van der Waals surface area contributed by atoms with Crippen molar-refractivity contribution in [3.8, 4) is 5.88 Å². The number of aromatic nitrogens is 2. The van der Waals surface area contributed by atoms with Crippen molar-refractivity contribution in [2.75, 3.05) is 26.1 Å². The molecule has 0 aromatic carbocycles. The molecule has 0 atom stereocenters. The number of anilines is 1. The Balaban J connectivity index is 3.07. The SMILES string of the molecule is COc1cc(CN)nc(N(C)C)n1. The van der Waals surface area contributed by atoms with E-state index in [9.17, 15) is 0 Å². The van der Waals surface area contributed by atoms with Crippen molar-refractivity contribution in [3.63, 3.8) is 0 Å². The van der Waals surface area contributed by atoms with Crippen LogP contribution in [0.2, 0.25) is 0 Å². The Kier molecular flexibility index (Phi) is 3.02. The average Bonchev–Trinajstić information content (AvgIpc) is 2.16.